The summed E-state index contributed by atoms with van der Waals surface area (Å²) >= 11 is 0.945. The van der Waals surface area contributed by atoms with Crippen molar-refractivity contribution in [2.75, 3.05) is 25.7 Å². The van der Waals surface area contributed by atoms with Crippen LogP contribution in [0.2, 0.25) is 0 Å². The first-order chi connectivity index (χ1) is 17.7. The normalized spacial score (nSPS) is 16.7. The minimum absolute atomic E-state index is 0.105. The Morgan fingerprint density at radius 2 is 1.73 bits per heavy atom. The molecule has 1 aliphatic heterocycles. The summed E-state index contributed by atoms with van der Waals surface area (Å²) in [6.45, 7) is 5.40. The van der Waals surface area contributed by atoms with Gasteiger partial charge in [0.2, 0.25) is 0 Å². The molecule has 37 heavy (non-hydrogen) atoms. The number of carbonyl (C=O) groups is 3. The lowest BCUT2D eigenvalue weighted by Gasteiger charge is -2.23. The standard InChI is InChI=1S/C27H26N2O7S/c1-6-36-26(33)24-15(3)28-27(37-24)29-21(17-11-12-18(34-4)19(13-17)35-5)20(23(31)25(29)32)22(30)16-9-7-14(2)8-10-16/h7-13,21,30H,6H2,1-5H3/t21-/m1/s1. The van der Waals surface area contributed by atoms with Crippen molar-refractivity contribution in [3.05, 3.63) is 75.3 Å². The van der Waals surface area contributed by atoms with Crippen LogP contribution >= 0.6 is 11.3 Å². The summed E-state index contributed by atoms with van der Waals surface area (Å²) in [6.07, 6.45) is 0. The molecule has 10 heteroatoms. The maximum absolute atomic E-state index is 13.4. The fraction of sp³-hybridized carbons (Fsp3) is 0.259. The Kier molecular flexibility index (Phi) is 7.30. The highest BCUT2D eigenvalue weighted by Gasteiger charge is 2.48. The first kappa shape index (κ1) is 25.9. The molecule has 192 valence electrons. The number of benzene rings is 2. The first-order valence-electron chi connectivity index (χ1n) is 11.5. The smallest absolute Gasteiger partial charge is 0.350 e. The van der Waals surface area contributed by atoms with Gasteiger partial charge in [0.05, 0.1) is 38.1 Å². The predicted molar refractivity (Wildman–Crippen MR) is 138 cm³/mol. The number of aromatic nitrogens is 1. The van der Waals surface area contributed by atoms with Crippen LogP contribution in [0, 0.1) is 13.8 Å². The van der Waals surface area contributed by atoms with Crippen LogP contribution in [-0.4, -0.2) is 48.6 Å². The molecule has 1 fully saturated rings. The summed E-state index contributed by atoms with van der Waals surface area (Å²) in [6, 6.07) is 10.9. The molecule has 3 aromatic rings. The van der Waals surface area contributed by atoms with Gasteiger partial charge in [-0.15, -0.1) is 0 Å². The maximum Gasteiger partial charge on any atom is 0.350 e. The van der Waals surface area contributed by atoms with Gasteiger partial charge < -0.3 is 19.3 Å². The highest BCUT2D eigenvalue weighted by atomic mass is 32.1. The van der Waals surface area contributed by atoms with Crippen molar-refractivity contribution in [1.29, 1.82) is 0 Å². The number of esters is 1. The molecule has 0 aliphatic carbocycles. The number of rotatable bonds is 7. The van der Waals surface area contributed by atoms with E-state index in [9.17, 15) is 19.5 Å². The zero-order valence-corrected chi connectivity index (χ0v) is 21.8. The van der Waals surface area contributed by atoms with E-state index >= 15 is 0 Å². The van der Waals surface area contributed by atoms with Crippen LogP contribution < -0.4 is 14.4 Å². The van der Waals surface area contributed by atoms with E-state index in [1.54, 1.807) is 56.3 Å². The number of methoxy groups -OCH3 is 2. The molecular weight excluding hydrogens is 496 g/mol. The summed E-state index contributed by atoms with van der Waals surface area (Å²) in [5.74, 6) is -1.80. The molecule has 2 heterocycles. The molecule has 1 aliphatic rings. The van der Waals surface area contributed by atoms with Gasteiger partial charge in [-0.3, -0.25) is 14.5 Å². The topological polar surface area (TPSA) is 115 Å². The molecular formula is C27H26N2O7S. The quantitative estimate of drug-likeness (QED) is 0.208. The number of ether oxygens (including phenoxy) is 3. The lowest BCUT2D eigenvalue weighted by atomic mass is 9.95. The lowest BCUT2D eigenvalue weighted by molar-refractivity contribution is -0.132. The number of aliphatic hydroxyl groups excluding tert-OH is 1. The van der Waals surface area contributed by atoms with Gasteiger partial charge in [-0.05, 0) is 38.5 Å². The molecule has 0 spiro atoms. The number of ketones is 1. The number of amides is 1. The second kappa shape index (κ2) is 10.4. The number of Topliss-reactive ketones (excluding diaryl/α,β-unsaturated/α-hetero) is 1. The Morgan fingerprint density at radius 1 is 1.05 bits per heavy atom. The Morgan fingerprint density at radius 3 is 2.35 bits per heavy atom. The van der Waals surface area contributed by atoms with Crippen molar-refractivity contribution < 1.29 is 33.7 Å². The van der Waals surface area contributed by atoms with Crippen LogP contribution in [-0.2, 0) is 14.3 Å². The number of hydrogen-bond donors (Lipinski definition) is 1. The number of carbonyl (C=O) groups excluding carboxylic acids is 3. The minimum atomic E-state index is -1.04. The SMILES string of the molecule is CCOC(=O)c1sc(N2C(=O)C(=O)C(=C(O)c3ccc(C)cc3)[C@H]2c2ccc(OC)c(OC)c2)nc1C. The predicted octanol–water partition coefficient (Wildman–Crippen LogP) is 4.58. The zero-order chi connectivity index (χ0) is 26.9. The molecule has 0 radical (unpaired) electrons. The van der Waals surface area contributed by atoms with Crippen LogP contribution in [0.25, 0.3) is 5.76 Å². The summed E-state index contributed by atoms with van der Waals surface area (Å²) in [7, 11) is 2.97. The Hall–Kier alpha value is -4.18. The molecule has 0 unspecified atom stereocenters. The van der Waals surface area contributed by atoms with Gasteiger partial charge in [-0.25, -0.2) is 9.78 Å². The van der Waals surface area contributed by atoms with E-state index < -0.39 is 23.7 Å². The fourth-order valence-corrected chi connectivity index (χ4v) is 5.09. The van der Waals surface area contributed by atoms with Gasteiger partial charge in [0.1, 0.15) is 10.6 Å². The highest BCUT2D eigenvalue weighted by Crippen LogP contribution is 2.45. The van der Waals surface area contributed by atoms with Crippen LogP contribution in [0.15, 0.2) is 48.0 Å². The number of aliphatic hydroxyl groups is 1. The van der Waals surface area contributed by atoms with E-state index in [1.807, 2.05) is 6.92 Å². The number of aryl methyl sites for hydroxylation is 2. The average molecular weight is 523 g/mol. The summed E-state index contributed by atoms with van der Waals surface area (Å²) < 4.78 is 15.9. The summed E-state index contributed by atoms with van der Waals surface area (Å²) in [4.78, 5) is 45.1. The number of hydrogen-bond acceptors (Lipinski definition) is 9. The fourth-order valence-electron chi connectivity index (χ4n) is 4.11. The molecule has 0 saturated carbocycles. The Balaban J connectivity index is 1.94. The second-order valence-electron chi connectivity index (χ2n) is 8.28. The largest absolute Gasteiger partial charge is 0.507 e. The monoisotopic (exact) mass is 522 g/mol. The van der Waals surface area contributed by atoms with Gasteiger partial charge >= 0.3 is 11.9 Å². The van der Waals surface area contributed by atoms with Crippen molar-refractivity contribution in [1.82, 2.24) is 4.98 Å². The van der Waals surface area contributed by atoms with Crippen molar-refractivity contribution in [2.45, 2.75) is 26.8 Å². The number of nitrogens with zero attached hydrogens (tertiary/aromatic N) is 2. The first-order valence-corrected chi connectivity index (χ1v) is 12.3. The van der Waals surface area contributed by atoms with E-state index in [0.717, 1.165) is 16.9 Å². The molecule has 1 N–H and O–H groups in total. The van der Waals surface area contributed by atoms with Crippen LogP contribution in [0.1, 0.15) is 45.0 Å². The van der Waals surface area contributed by atoms with Crippen molar-refractivity contribution in [3.8, 4) is 11.5 Å². The van der Waals surface area contributed by atoms with E-state index in [0.29, 0.717) is 28.3 Å². The molecule has 1 amide bonds. The van der Waals surface area contributed by atoms with E-state index in [2.05, 4.69) is 4.98 Å². The van der Waals surface area contributed by atoms with Gasteiger partial charge in [-0.2, -0.15) is 0 Å². The van der Waals surface area contributed by atoms with Crippen molar-refractivity contribution in [3.63, 3.8) is 0 Å². The number of anilines is 1. The zero-order valence-electron chi connectivity index (χ0n) is 21.0. The average Bonchev–Trinajstić information content (AvgIpc) is 3.40. The Bertz CT molecular complexity index is 1410. The summed E-state index contributed by atoms with van der Waals surface area (Å²) in [5.41, 5.74) is 2.10. The van der Waals surface area contributed by atoms with Crippen LogP contribution in [0.3, 0.4) is 0 Å². The third-order valence-electron chi connectivity index (χ3n) is 5.94. The molecule has 4 rings (SSSR count). The van der Waals surface area contributed by atoms with E-state index in [-0.39, 0.29) is 27.9 Å². The molecule has 1 atom stereocenters. The van der Waals surface area contributed by atoms with Gasteiger partial charge in [0.25, 0.3) is 5.78 Å². The van der Waals surface area contributed by atoms with E-state index in [4.69, 9.17) is 14.2 Å². The van der Waals surface area contributed by atoms with Gasteiger partial charge in [0, 0.05) is 5.56 Å². The third kappa shape index (κ3) is 4.67. The maximum atomic E-state index is 13.4. The lowest BCUT2D eigenvalue weighted by Crippen LogP contribution is -2.29. The molecule has 2 aromatic carbocycles. The molecule has 9 nitrogen and oxygen atoms in total. The molecule has 1 saturated heterocycles. The highest BCUT2D eigenvalue weighted by molar-refractivity contribution is 7.17. The third-order valence-corrected chi connectivity index (χ3v) is 7.08. The van der Waals surface area contributed by atoms with Gasteiger partial charge in [0.15, 0.2) is 16.6 Å². The minimum Gasteiger partial charge on any atom is -0.507 e. The van der Waals surface area contributed by atoms with Crippen LogP contribution in [0.4, 0.5) is 5.13 Å². The number of thiazole rings is 1. The van der Waals surface area contributed by atoms with E-state index in [1.165, 1.54) is 19.1 Å². The Labute approximate surface area is 217 Å². The van der Waals surface area contributed by atoms with Gasteiger partial charge in [-0.1, -0.05) is 47.2 Å². The van der Waals surface area contributed by atoms with Crippen molar-refractivity contribution in [2.24, 2.45) is 0 Å². The molecule has 1 aromatic heterocycles. The van der Waals surface area contributed by atoms with Crippen molar-refractivity contribution >= 4 is 39.9 Å². The summed E-state index contributed by atoms with van der Waals surface area (Å²) in [5, 5.41) is 11.4. The second-order valence-corrected chi connectivity index (χ2v) is 9.26. The molecule has 0 bridgehead atoms. The van der Waals surface area contributed by atoms with Crippen LogP contribution in [0.5, 0.6) is 11.5 Å².